The topological polar surface area (TPSA) is 92.4 Å². The summed E-state index contributed by atoms with van der Waals surface area (Å²) in [6.45, 7) is 3.97. The molecule has 0 spiro atoms. The summed E-state index contributed by atoms with van der Waals surface area (Å²) in [5.41, 5.74) is 5.07. The smallest absolute Gasteiger partial charge is 0.220 e. The predicted molar refractivity (Wildman–Crippen MR) is 126 cm³/mol. The van der Waals surface area contributed by atoms with E-state index >= 15 is 0 Å². The molecule has 0 aromatic carbocycles. The van der Waals surface area contributed by atoms with Crippen molar-refractivity contribution in [3.8, 4) is 0 Å². The van der Waals surface area contributed by atoms with E-state index in [1.807, 2.05) is 0 Å². The van der Waals surface area contributed by atoms with E-state index in [1.54, 1.807) is 6.92 Å². The first-order chi connectivity index (χ1) is 14.5. The molecule has 2 amide bonds. The van der Waals surface area contributed by atoms with Crippen molar-refractivity contribution in [2.45, 2.75) is 148 Å². The number of amides is 2. The normalized spacial score (nSPS) is 13.2. The molecule has 0 fully saturated rings. The number of nitrogens with one attached hydrogen (secondary N) is 1. The number of carbonyl (C=O) groups excluding carboxylic acids is 2. The molecular weight excluding hydrogens is 376 g/mol. The van der Waals surface area contributed by atoms with Crippen molar-refractivity contribution >= 4 is 11.8 Å². The number of primary amides is 1. The van der Waals surface area contributed by atoms with Crippen molar-refractivity contribution in [3.05, 3.63) is 0 Å². The number of hydrogen-bond donors (Lipinski definition) is 3. The Morgan fingerprint density at radius 1 is 0.733 bits per heavy atom. The maximum Gasteiger partial charge on any atom is 0.220 e. The van der Waals surface area contributed by atoms with E-state index in [1.165, 1.54) is 89.9 Å². The molecule has 0 saturated heterocycles. The average Bonchev–Trinajstić information content (AvgIpc) is 2.70. The Morgan fingerprint density at radius 2 is 1.13 bits per heavy atom. The Bertz CT molecular complexity index is 413. The van der Waals surface area contributed by atoms with Crippen molar-refractivity contribution in [1.29, 1.82) is 0 Å². The minimum absolute atomic E-state index is 0.0530. The molecule has 0 aromatic rings. The summed E-state index contributed by atoms with van der Waals surface area (Å²) in [5, 5.41) is 12.7. The zero-order valence-corrected chi connectivity index (χ0v) is 19.9. The van der Waals surface area contributed by atoms with Gasteiger partial charge >= 0.3 is 0 Å². The van der Waals surface area contributed by atoms with E-state index < -0.39 is 12.0 Å². The summed E-state index contributed by atoms with van der Waals surface area (Å²) in [6, 6.07) is -0.239. The van der Waals surface area contributed by atoms with E-state index in [4.69, 9.17) is 5.73 Å². The molecule has 0 aliphatic carbocycles. The van der Waals surface area contributed by atoms with Gasteiger partial charge in [-0.25, -0.2) is 0 Å². The van der Waals surface area contributed by atoms with Gasteiger partial charge in [-0.15, -0.1) is 0 Å². The lowest BCUT2D eigenvalue weighted by Crippen LogP contribution is -2.42. The van der Waals surface area contributed by atoms with Crippen LogP contribution < -0.4 is 11.1 Å². The lowest BCUT2D eigenvalue weighted by Gasteiger charge is -2.21. The van der Waals surface area contributed by atoms with Crippen LogP contribution in [0, 0.1) is 0 Å². The van der Waals surface area contributed by atoms with Gasteiger partial charge in [-0.2, -0.15) is 0 Å². The van der Waals surface area contributed by atoms with E-state index in [-0.39, 0.29) is 24.8 Å². The van der Waals surface area contributed by atoms with Crippen molar-refractivity contribution in [3.63, 3.8) is 0 Å². The third kappa shape index (κ3) is 20.2. The van der Waals surface area contributed by atoms with Crippen LogP contribution in [0.2, 0.25) is 0 Å². The summed E-state index contributed by atoms with van der Waals surface area (Å²) in [6.07, 6.45) is 21.6. The van der Waals surface area contributed by atoms with Crippen LogP contribution >= 0.6 is 0 Å². The summed E-state index contributed by atoms with van der Waals surface area (Å²) in [7, 11) is 0. The molecule has 0 aliphatic rings. The highest BCUT2D eigenvalue weighted by molar-refractivity contribution is 5.82. The highest BCUT2D eigenvalue weighted by Gasteiger charge is 2.17. The molecule has 2 atom stereocenters. The monoisotopic (exact) mass is 426 g/mol. The van der Waals surface area contributed by atoms with Crippen LogP contribution in [0.25, 0.3) is 0 Å². The van der Waals surface area contributed by atoms with E-state index in [9.17, 15) is 14.7 Å². The first-order valence-electron chi connectivity index (χ1n) is 12.7. The zero-order valence-electron chi connectivity index (χ0n) is 19.9. The third-order valence-electron chi connectivity index (χ3n) is 5.90. The second-order valence-corrected chi connectivity index (χ2v) is 8.97. The van der Waals surface area contributed by atoms with Gasteiger partial charge in [0.1, 0.15) is 0 Å². The van der Waals surface area contributed by atoms with Crippen LogP contribution in [0.5, 0.6) is 0 Å². The summed E-state index contributed by atoms with van der Waals surface area (Å²) < 4.78 is 0. The Labute approximate surface area is 186 Å². The lowest BCUT2D eigenvalue weighted by molar-refractivity contribution is -0.126. The summed E-state index contributed by atoms with van der Waals surface area (Å²) in [5.74, 6) is -0.687. The molecule has 2 unspecified atom stereocenters. The van der Waals surface area contributed by atoms with Crippen molar-refractivity contribution < 1.29 is 14.7 Å². The van der Waals surface area contributed by atoms with Gasteiger partial charge in [0.05, 0.1) is 12.1 Å². The minimum Gasteiger partial charge on any atom is -0.391 e. The largest absolute Gasteiger partial charge is 0.391 e. The molecule has 0 aliphatic heterocycles. The molecule has 0 saturated carbocycles. The van der Waals surface area contributed by atoms with Crippen LogP contribution in [0.3, 0.4) is 0 Å². The third-order valence-corrected chi connectivity index (χ3v) is 5.90. The maximum atomic E-state index is 11.8. The number of aliphatic hydroxyl groups is 1. The quantitative estimate of drug-likeness (QED) is 0.192. The predicted octanol–water partition coefficient (Wildman–Crippen LogP) is 5.77. The molecule has 5 heteroatoms. The van der Waals surface area contributed by atoms with Crippen LogP contribution in [0.15, 0.2) is 0 Å². The second-order valence-electron chi connectivity index (χ2n) is 8.97. The van der Waals surface area contributed by atoms with Crippen LogP contribution in [0.1, 0.15) is 136 Å². The van der Waals surface area contributed by atoms with Gasteiger partial charge in [-0.05, 0) is 13.3 Å². The number of unbranched alkanes of at least 4 members (excludes halogenated alkanes) is 15. The van der Waals surface area contributed by atoms with E-state index in [0.717, 1.165) is 19.3 Å². The zero-order chi connectivity index (χ0) is 22.5. The number of aliphatic hydroxyl groups excluding tert-OH is 1. The highest BCUT2D eigenvalue weighted by Crippen LogP contribution is 2.15. The fraction of sp³-hybridized carbons (Fsp3) is 0.920. The molecule has 0 heterocycles. The van der Waals surface area contributed by atoms with Gasteiger partial charge in [-0.1, -0.05) is 110 Å². The van der Waals surface area contributed by atoms with Crippen molar-refractivity contribution in [1.82, 2.24) is 5.32 Å². The molecule has 5 nitrogen and oxygen atoms in total. The van der Waals surface area contributed by atoms with Gasteiger partial charge in [0.15, 0.2) is 0 Å². The van der Waals surface area contributed by atoms with Crippen LogP contribution in [-0.4, -0.2) is 29.1 Å². The fourth-order valence-electron chi connectivity index (χ4n) is 3.86. The number of nitrogens with two attached hydrogens (primary N) is 1. The first-order valence-corrected chi connectivity index (χ1v) is 12.7. The molecule has 0 rings (SSSR count). The van der Waals surface area contributed by atoms with Crippen LogP contribution in [0.4, 0.5) is 0 Å². The lowest BCUT2D eigenvalue weighted by atomic mass is 10.0. The van der Waals surface area contributed by atoms with Gasteiger partial charge < -0.3 is 16.2 Å². The van der Waals surface area contributed by atoms with Gasteiger partial charge in [0.25, 0.3) is 0 Å². The maximum absolute atomic E-state index is 11.8. The molecule has 30 heavy (non-hydrogen) atoms. The van der Waals surface area contributed by atoms with Crippen LogP contribution in [-0.2, 0) is 9.59 Å². The van der Waals surface area contributed by atoms with Gasteiger partial charge in [0, 0.05) is 12.8 Å². The van der Waals surface area contributed by atoms with Crippen molar-refractivity contribution in [2.75, 3.05) is 0 Å². The Balaban J connectivity index is 3.47. The summed E-state index contributed by atoms with van der Waals surface area (Å²) >= 11 is 0. The SMILES string of the molecule is CCCCCCCCCCCCCCCCCCC(NC(=O)CCC(N)=O)C(C)O. The standard InChI is InChI=1S/C25H50N2O3/c1-3-4-5-6-7-8-9-10-11-12-13-14-15-16-17-18-19-23(22(2)28)27-25(30)21-20-24(26)29/h22-23,28H,3-21H2,1-2H3,(H2,26,29)(H,27,30). The van der Waals surface area contributed by atoms with E-state index in [2.05, 4.69) is 12.2 Å². The molecular formula is C25H50N2O3. The highest BCUT2D eigenvalue weighted by atomic mass is 16.3. The molecule has 0 bridgehead atoms. The molecule has 0 radical (unpaired) electrons. The average molecular weight is 427 g/mol. The molecule has 0 aromatic heterocycles. The Morgan fingerprint density at radius 3 is 1.50 bits per heavy atom. The number of carbonyl (C=O) groups is 2. The number of hydrogen-bond acceptors (Lipinski definition) is 3. The van der Waals surface area contributed by atoms with Gasteiger partial charge in [0.2, 0.25) is 11.8 Å². The Hall–Kier alpha value is -1.10. The van der Waals surface area contributed by atoms with Gasteiger partial charge in [-0.3, -0.25) is 9.59 Å². The molecule has 4 N–H and O–H groups in total. The second kappa shape index (κ2) is 21.1. The molecule has 178 valence electrons. The Kier molecular flexibility index (Phi) is 20.4. The number of rotatable bonds is 22. The fourth-order valence-corrected chi connectivity index (χ4v) is 3.86. The van der Waals surface area contributed by atoms with Crippen molar-refractivity contribution in [2.24, 2.45) is 5.73 Å². The first kappa shape index (κ1) is 28.9. The van der Waals surface area contributed by atoms with E-state index in [0.29, 0.717) is 0 Å². The minimum atomic E-state index is -0.584. The summed E-state index contributed by atoms with van der Waals surface area (Å²) in [4.78, 5) is 22.6.